The highest BCUT2D eigenvalue weighted by molar-refractivity contribution is 5.45. The molecule has 1 N–H and O–H groups in total. The maximum absolute atomic E-state index is 11.9. The molecule has 0 saturated carbocycles. The van der Waals surface area contributed by atoms with Crippen LogP contribution in [0, 0.1) is 23.7 Å². The molecule has 1 heterocycles. The minimum absolute atomic E-state index is 0.289. The van der Waals surface area contributed by atoms with Crippen molar-refractivity contribution in [3.05, 3.63) is 32.1 Å². The number of hydrogen-bond donors (Lipinski definition) is 1. The Kier molecular flexibility index (Phi) is 7.12. The summed E-state index contributed by atoms with van der Waals surface area (Å²) in [5, 5.41) is 0. The summed E-state index contributed by atoms with van der Waals surface area (Å²) in [6.45, 7) is 4.18. The molecule has 0 aliphatic rings. The van der Waals surface area contributed by atoms with E-state index < -0.39 is 11.2 Å². The zero-order valence-corrected chi connectivity index (χ0v) is 13.0. The average Bonchev–Trinajstić information content (AvgIpc) is 2.46. The molecule has 112 valence electrons. The fourth-order valence-electron chi connectivity index (χ4n) is 1.71. The predicted octanol–water partition coefficient (Wildman–Crippen LogP) is 2.16. The van der Waals surface area contributed by atoms with E-state index in [-0.39, 0.29) is 5.56 Å². The highest BCUT2D eigenvalue weighted by Crippen LogP contribution is 1.99. The molecule has 1 aromatic heterocycles. The maximum Gasteiger partial charge on any atom is 0.329 e. The van der Waals surface area contributed by atoms with Gasteiger partial charge in [0.2, 0.25) is 0 Å². The van der Waals surface area contributed by atoms with Gasteiger partial charge in [-0.2, -0.15) is 0 Å². The van der Waals surface area contributed by atoms with Crippen LogP contribution in [0.1, 0.15) is 63.6 Å². The van der Waals surface area contributed by atoms with E-state index in [1.807, 2.05) is 0 Å². The van der Waals surface area contributed by atoms with Gasteiger partial charge in [-0.05, 0) is 18.8 Å². The first-order valence-corrected chi connectivity index (χ1v) is 7.42. The number of hydrogen-bond acceptors (Lipinski definition) is 2. The van der Waals surface area contributed by atoms with Crippen LogP contribution in [0.25, 0.3) is 0 Å². The van der Waals surface area contributed by atoms with Crippen molar-refractivity contribution in [2.75, 3.05) is 0 Å². The summed E-state index contributed by atoms with van der Waals surface area (Å²) in [4.78, 5) is 25.9. The van der Waals surface area contributed by atoms with Crippen LogP contribution in [-0.4, -0.2) is 9.55 Å². The topological polar surface area (TPSA) is 54.9 Å². The fourth-order valence-corrected chi connectivity index (χ4v) is 1.71. The number of nitrogens with one attached hydrogen (secondary N) is 1. The van der Waals surface area contributed by atoms with Gasteiger partial charge in [0.15, 0.2) is 0 Å². The Morgan fingerprint density at radius 3 is 2.14 bits per heavy atom. The van der Waals surface area contributed by atoms with Crippen molar-refractivity contribution in [2.24, 2.45) is 7.05 Å². The molecular weight excluding hydrogens is 264 g/mol. The van der Waals surface area contributed by atoms with Gasteiger partial charge in [0.1, 0.15) is 11.3 Å². The monoisotopic (exact) mass is 286 g/mol. The second-order valence-electron chi connectivity index (χ2n) is 4.85. The van der Waals surface area contributed by atoms with Gasteiger partial charge in [0.25, 0.3) is 5.56 Å². The highest BCUT2D eigenvalue weighted by Gasteiger charge is 2.08. The lowest BCUT2D eigenvalue weighted by Gasteiger charge is -2.02. The van der Waals surface area contributed by atoms with Crippen LogP contribution in [0.2, 0.25) is 0 Å². The first kappa shape index (κ1) is 16.9. The highest BCUT2D eigenvalue weighted by atomic mass is 16.2. The number of aromatic nitrogens is 2. The molecule has 0 radical (unpaired) electrons. The number of aromatic amines is 1. The Balaban J connectivity index is 3.22. The largest absolute Gasteiger partial charge is 0.329 e. The van der Waals surface area contributed by atoms with Crippen molar-refractivity contribution >= 4 is 0 Å². The third-order valence-corrected chi connectivity index (χ3v) is 3.06. The SMILES string of the molecule is CCCCC#Cc1c(C#CCCCC)n(C)c(=O)[nH]c1=O. The summed E-state index contributed by atoms with van der Waals surface area (Å²) in [6, 6.07) is 0. The first-order valence-electron chi connectivity index (χ1n) is 7.42. The molecule has 4 nitrogen and oxygen atoms in total. The predicted molar refractivity (Wildman–Crippen MR) is 85.1 cm³/mol. The lowest BCUT2D eigenvalue weighted by molar-refractivity contribution is 0.781. The molecule has 0 fully saturated rings. The van der Waals surface area contributed by atoms with Gasteiger partial charge in [-0.1, -0.05) is 44.5 Å². The molecule has 0 aromatic carbocycles. The Hall–Kier alpha value is -2.20. The van der Waals surface area contributed by atoms with Gasteiger partial charge in [0, 0.05) is 19.9 Å². The zero-order chi connectivity index (χ0) is 15.7. The second kappa shape index (κ2) is 8.87. The quantitative estimate of drug-likeness (QED) is 0.681. The van der Waals surface area contributed by atoms with Crippen LogP contribution in [-0.2, 0) is 7.05 Å². The Bertz CT molecular complexity index is 703. The summed E-state index contributed by atoms with van der Waals surface area (Å²) in [5.41, 5.74) is -0.221. The van der Waals surface area contributed by atoms with Crippen LogP contribution in [0.4, 0.5) is 0 Å². The standard InChI is InChI=1S/C17H22N2O2/c1-4-6-8-10-12-14-15(13-11-9-7-5-2)19(3)17(21)18-16(14)20/h4-9H2,1-3H3,(H,18,20,21). The molecule has 21 heavy (non-hydrogen) atoms. The van der Waals surface area contributed by atoms with Crippen molar-refractivity contribution in [3.63, 3.8) is 0 Å². The summed E-state index contributed by atoms with van der Waals surface area (Å²) in [6.07, 6.45) is 5.60. The van der Waals surface area contributed by atoms with Crippen LogP contribution in [0.15, 0.2) is 9.59 Å². The van der Waals surface area contributed by atoms with Crippen molar-refractivity contribution in [2.45, 2.75) is 52.4 Å². The fraction of sp³-hybridized carbons (Fsp3) is 0.529. The molecule has 1 rings (SSSR count). The molecule has 4 heteroatoms. The van der Waals surface area contributed by atoms with Crippen LogP contribution in [0.3, 0.4) is 0 Å². The van der Waals surface area contributed by atoms with Crippen molar-refractivity contribution in [3.8, 4) is 23.7 Å². The molecular formula is C17H22N2O2. The third-order valence-electron chi connectivity index (χ3n) is 3.06. The summed E-state index contributed by atoms with van der Waals surface area (Å²) in [7, 11) is 1.60. The van der Waals surface area contributed by atoms with Crippen molar-refractivity contribution in [1.29, 1.82) is 0 Å². The van der Waals surface area contributed by atoms with Crippen LogP contribution >= 0.6 is 0 Å². The maximum atomic E-state index is 11.9. The molecule has 0 aliphatic heterocycles. The van der Waals surface area contributed by atoms with E-state index in [1.54, 1.807) is 7.05 Å². The Morgan fingerprint density at radius 2 is 1.57 bits per heavy atom. The second-order valence-corrected chi connectivity index (χ2v) is 4.85. The van der Waals surface area contributed by atoms with Gasteiger partial charge in [-0.3, -0.25) is 14.3 Å². The number of nitrogens with zero attached hydrogens (tertiary/aromatic N) is 1. The van der Waals surface area contributed by atoms with Gasteiger partial charge in [0.05, 0.1) is 0 Å². The molecule has 0 bridgehead atoms. The van der Waals surface area contributed by atoms with E-state index in [1.165, 1.54) is 4.57 Å². The van der Waals surface area contributed by atoms with E-state index in [9.17, 15) is 9.59 Å². The van der Waals surface area contributed by atoms with Gasteiger partial charge < -0.3 is 0 Å². The van der Waals surface area contributed by atoms with E-state index in [2.05, 4.69) is 42.5 Å². The molecule has 0 atom stereocenters. The van der Waals surface area contributed by atoms with E-state index in [0.717, 1.165) is 38.5 Å². The summed E-state index contributed by atoms with van der Waals surface area (Å²) in [5.74, 6) is 11.8. The normalized spacial score (nSPS) is 9.48. The molecule has 0 amide bonds. The minimum Gasteiger partial charge on any atom is -0.288 e. The van der Waals surface area contributed by atoms with Crippen LogP contribution in [0.5, 0.6) is 0 Å². The third kappa shape index (κ3) is 5.00. The molecule has 0 saturated heterocycles. The molecule has 0 spiro atoms. The van der Waals surface area contributed by atoms with E-state index in [0.29, 0.717) is 5.69 Å². The summed E-state index contributed by atoms with van der Waals surface area (Å²) >= 11 is 0. The Morgan fingerprint density at radius 1 is 1.00 bits per heavy atom. The molecule has 1 aromatic rings. The number of unbranched alkanes of at least 4 members (excludes halogenated alkanes) is 4. The number of rotatable bonds is 4. The van der Waals surface area contributed by atoms with Gasteiger partial charge in [-0.15, -0.1) is 0 Å². The zero-order valence-electron chi connectivity index (χ0n) is 13.0. The van der Waals surface area contributed by atoms with Gasteiger partial charge >= 0.3 is 5.69 Å². The van der Waals surface area contributed by atoms with Gasteiger partial charge in [-0.25, -0.2) is 4.79 Å². The molecule has 0 unspecified atom stereocenters. The lowest BCUT2D eigenvalue weighted by Crippen LogP contribution is -2.32. The summed E-state index contributed by atoms with van der Waals surface area (Å²) < 4.78 is 1.35. The average molecular weight is 286 g/mol. The van der Waals surface area contributed by atoms with Crippen molar-refractivity contribution in [1.82, 2.24) is 9.55 Å². The van der Waals surface area contributed by atoms with Crippen molar-refractivity contribution < 1.29 is 0 Å². The molecule has 0 aliphatic carbocycles. The smallest absolute Gasteiger partial charge is 0.288 e. The number of H-pyrrole nitrogens is 1. The minimum atomic E-state index is -0.459. The Labute approximate surface area is 125 Å². The van der Waals surface area contributed by atoms with E-state index >= 15 is 0 Å². The first-order chi connectivity index (χ1) is 10.1. The van der Waals surface area contributed by atoms with Crippen LogP contribution < -0.4 is 11.2 Å². The lowest BCUT2D eigenvalue weighted by atomic mass is 10.2. The van der Waals surface area contributed by atoms with E-state index in [4.69, 9.17) is 0 Å².